The Balaban J connectivity index is 1.49. The highest BCUT2D eigenvalue weighted by Gasteiger charge is 2.35. The van der Waals surface area contributed by atoms with E-state index in [1.54, 1.807) is 0 Å². The van der Waals surface area contributed by atoms with E-state index in [1.165, 1.54) is 16.3 Å². The molecule has 3 aromatic carbocycles. The summed E-state index contributed by atoms with van der Waals surface area (Å²) in [5.41, 5.74) is 12.9. The third kappa shape index (κ3) is 3.71. The molecule has 6 rings (SSSR count). The van der Waals surface area contributed by atoms with Crippen molar-refractivity contribution < 1.29 is 0 Å². The first-order chi connectivity index (χ1) is 17.5. The molecule has 5 aromatic rings. The summed E-state index contributed by atoms with van der Waals surface area (Å²) < 4.78 is 2.34. The molecule has 2 atom stereocenters. The minimum absolute atomic E-state index is 0.00487. The van der Waals surface area contributed by atoms with Crippen LogP contribution in [0.5, 0.6) is 0 Å². The van der Waals surface area contributed by atoms with Gasteiger partial charge in [-0.25, -0.2) is 0 Å². The number of rotatable bonds is 5. The van der Waals surface area contributed by atoms with Crippen molar-refractivity contribution in [2.45, 2.75) is 25.4 Å². The zero-order valence-corrected chi connectivity index (χ0v) is 20.6. The lowest BCUT2D eigenvalue weighted by Gasteiger charge is -2.39. The maximum absolute atomic E-state index is 6.85. The number of pyridine rings is 1. The van der Waals surface area contributed by atoms with Crippen molar-refractivity contribution in [1.29, 1.82) is 0 Å². The summed E-state index contributed by atoms with van der Waals surface area (Å²) in [6, 6.07) is 29.8. The lowest BCUT2D eigenvalue weighted by molar-refractivity contribution is 0.362. The highest BCUT2D eigenvalue weighted by molar-refractivity contribution is 6.10. The Kier molecular flexibility index (Phi) is 5.46. The smallest absolute Gasteiger partial charge is 0.0702 e. The van der Waals surface area contributed by atoms with Crippen LogP contribution in [0.1, 0.15) is 13.8 Å². The second-order valence-corrected chi connectivity index (χ2v) is 9.87. The lowest BCUT2D eigenvalue weighted by Crippen LogP contribution is -2.56. The maximum atomic E-state index is 6.85. The van der Waals surface area contributed by atoms with Gasteiger partial charge in [0.2, 0.25) is 0 Å². The number of para-hydroxylation sites is 1. The van der Waals surface area contributed by atoms with Gasteiger partial charge in [0, 0.05) is 33.9 Å². The van der Waals surface area contributed by atoms with Gasteiger partial charge in [0.05, 0.1) is 28.3 Å². The van der Waals surface area contributed by atoms with Crippen LogP contribution in [0.15, 0.2) is 115 Å². The molecule has 4 heteroatoms. The normalized spacial score (nSPS) is 19.4. The standard InChI is InChI=1S/C32H30N4/c1-22(2)32(33)18-7-5-15-31(32)35-24-16-17-27-26-12-3-4-14-29(26)36(30(27)21-24)25-11-9-10-23(20-25)28-13-6-8-19-34-28/h3-22,31,35H,33H2,1-2H3. The van der Waals surface area contributed by atoms with E-state index in [1.807, 2.05) is 30.5 Å². The Bertz CT molecular complexity index is 1610. The van der Waals surface area contributed by atoms with Crippen LogP contribution in [0, 0.1) is 5.92 Å². The average molecular weight is 471 g/mol. The van der Waals surface area contributed by atoms with Gasteiger partial charge in [-0.1, -0.05) is 80.6 Å². The van der Waals surface area contributed by atoms with E-state index in [0.717, 1.165) is 28.1 Å². The molecule has 2 aromatic heterocycles. The van der Waals surface area contributed by atoms with Crippen LogP contribution >= 0.6 is 0 Å². The number of hydrogen-bond acceptors (Lipinski definition) is 3. The van der Waals surface area contributed by atoms with Crippen LogP contribution in [-0.4, -0.2) is 21.1 Å². The molecule has 3 N–H and O–H groups in total. The Hall–Kier alpha value is -4.15. The van der Waals surface area contributed by atoms with Crippen LogP contribution in [0.2, 0.25) is 0 Å². The largest absolute Gasteiger partial charge is 0.377 e. The van der Waals surface area contributed by atoms with E-state index in [9.17, 15) is 0 Å². The first kappa shape index (κ1) is 22.3. The monoisotopic (exact) mass is 470 g/mol. The number of nitrogens with one attached hydrogen (secondary N) is 1. The Morgan fingerprint density at radius 1 is 0.861 bits per heavy atom. The Morgan fingerprint density at radius 2 is 1.69 bits per heavy atom. The SMILES string of the molecule is CC(C)C1(N)C=CC=CC1Nc1ccc2c3ccccc3n(-c3cccc(-c4ccccn4)c3)c2c1. The second-order valence-electron chi connectivity index (χ2n) is 9.87. The zero-order valence-electron chi connectivity index (χ0n) is 20.6. The van der Waals surface area contributed by atoms with E-state index in [4.69, 9.17) is 5.73 Å². The number of hydrogen-bond donors (Lipinski definition) is 2. The molecule has 2 heterocycles. The molecular weight excluding hydrogens is 440 g/mol. The van der Waals surface area contributed by atoms with Crippen molar-refractivity contribution in [3.63, 3.8) is 0 Å². The van der Waals surface area contributed by atoms with Crippen LogP contribution < -0.4 is 11.1 Å². The van der Waals surface area contributed by atoms with Gasteiger partial charge in [0.25, 0.3) is 0 Å². The molecule has 4 nitrogen and oxygen atoms in total. The zero-order chi connectivity index (χ0) is 24.7. The first-order valence-corrected chi connectivity index (χ1v) is 12.5. The molecule has 0 aliphatic heterocycles. The van der Waals surface area contributed by atoms with Crippen molar-refractivity contribution >= 4 is 27.5 Å². The van der Waals surface area contributed by atoms with Crippen LogP contribution in [0.25, 0.3) is 38.8 Å². The molecule has 0 spiro atoms. The summed E-state index contributed by atoms with van der Waals surface area (Å²) >= 11 is 0. The minimum atomic E-state index is -0.451. The molecule has 0 bridgehead atoms. The van der Waals surface area contributed by atoms with Crippen molar-refractivity contribution in [2.75, 3.05) is 5.32 Å². The second kappa shape index (κ2) is 8.81. The van der Waals surface area contributed by atoms with Gasteiger partial charge in [-0.2, -0.15) is 0 Å². The quantitative estimate of drug-likeness (QED) is 0.288. The first-order valence-electron chi connectivity index (χ1n) is 12.5. The van der Waals surface area contributed by atoms with Gasteiger partial charge < -0.3 is 15.6 Å². The average Bonchev–Trinajstić information content (AvgIpc) is 3.24. The molecule has 1 aliphatic rings. The number of fused-ring (bicyclic) bond motifs is 3. The summed E-state index contributed by atoms with van der Waals surface area (Å²) in [5, 5.41) is 6.18. The Labute approximate surface area is 211 Å². The molecule has 0 saturated carbocycles. The predicted molar refractivity (Wildman–Crippen MR) is 151 cm³/mol. The molecule has 178 valence electrons. The molecule has 0 radical (unpaired) electrons. The molecule has 1 aliphatic carbocycles. The topological polar surface area (TPSA) is 55.9 Å². The molecule has 0 fully saturated rings. The number of nitrogens with two attached hydrogens (primary N) is 1. The molecule has 0 amide bonds. The summed E-state index contributed by atoms with van der Waals surface area (Å²) in [5.74, 6) is 0.292. The Morgan fingerprint density at radius 3 is 2.53 bits per heavy atom. The van der Waals surface area contributed by atoms with E-state index in [0.29, 0.717) is 5.92 Å². The van der Waals surface area contributed by atoms with Crippen molar-refractivity contribution in [1.82, 2.24) is 9.55 Å². The number of aromatic nitrogens is 2. The molecule has 2 unspecified atom stereocenters. The predicted octanol–water partition coefficient (Wildman–Crippen LogP) is 7.11. The number of allylic oxidation sites excluding steroid dienone is 2. The van der Waals surface area contributed by atoms with E-state index >= 15 is 0 Å². The fraction of sp³-hybridized carbons (Fsp3) is 0.156. The van der Waals surface area contributed by atoms with Gasteiger partial charge in [0.1, 0.15) is 0 Å². The molecular formula is C32H30N4. The highest BCUT2D eigenvalue weighted by atomic mass is 15.0. The van der Waals surface area contributed by atoms with Crippen molar-refractivity contribution in [3.05, 3.63) is 115 Å². The van der Waals surface area contributed by atoms with Gasteiger partial charge in [-0.3, -0.25) is 4.98 Å². The van der Waals surface area contributed by atoms with Crippen LogP contribution in [0.3, 0.4) is 0 Å². The molecule has 0 saturated heterocycles. The van der Waals surface area contributed by atoms with Crippen molar-refractivity contribution in [2.24, 2.45) is 11.7 Å². The van der Waals surface area contributed by atoms with Crippen LogP contribution in [0.4, 0.5) is 5.69 Å². The van der Waals surface area contributed by atoms with Crippen LogP contribution in [-0.2, 0) is 0 Å². The van der Waals surface area contributed by atoms with Gasteiger partial charge in [0.15, 0.2) is 0 Å². The summed E-state index contributed by atoms with van der Waals surface area (Å²) in [6.45, 7) is 4.35. The number of anilines is 1. The third-order valence-electron chi connectivity index (χ3n) is 7.40. The van der Waals surface area contributed by atoms with Gasteiger partial charge in [-0.15, -0.1) is 0 Å². The van der Waals surface area contributed by atoms with Crippen molar-refractivity contribution in [3.8, 4) is 16.9 Å². The van der Waals surface area contributed by atoms with Gasteiger partial charge >= 0.3 is 0 Å². The lowest BCUT2D eigenvalue weighted by atomic mass is 9.78. The molecule has 36 heavy (non-hydrogen) atoms. The number of nitrogens with zero attached hydrogens (tertiary/aromatic N) is 2. The summed E-state index contributed by atoms with van der Waals surface area (Å²) in [4.78, 5) is 4.56. The third-order valence-corrected chi connectivity index (χ3v) is 7.40. The maximum Gasteiger partial charge on any atom is 0.0702 e. The summed E-state index contributed by atoms with van der Waals surface area (Å²) in [6.07, 6.45) is 10.2. The fourth-order valence-electron chi connectivity index (χ4n) is 5.25. The highest BCUT2D eigenvalue weighted by Crippen LogP contribution is 2.35. The fourth-order valence-corrected chi connectivity index (χ4v) is 5.25. The van der Waals surface area contributed by atoms with Gasteiger partial charge in [-0.05, 0) is 48.4 Å². The number of benzene rings is 3. The van der Waals surface area contributed by atoms with E-state index in [-0.39, 0.29) is 6.04 Å². The van der Waals surface area contributed by atoms with E-state index in [2.05, 4.69) is 114 Å². The summed E-state index contributed by atoms with van der Waals surface area (Å²) in [7, 11) is 0. The minimum Gasteiger partial charge on any atom is -0.377 e. The van der Waals surface area contributed by atoms with E-state index < -0.39 is 5.54 Å².